The van der Waals surface area contributed by atoms with E-state index in [1.165, 1.54) is 16.7 Å². The number of aryl methyl sites for hydroxylation is 1. The third-order valence-corrected chi connectivity index (χ3v) is 4.29. The average Bonchev–Trinajstić information content (AvgIpc) is 2.65. The van der Waals surface area contributed by atoms with Gasteiger partial charge in [-0.05, 0) is 40.2 Å². The third kappa shape index (κ3) is 5.77. The quantitative estimate of drug-likeness (QED) is 0.541. The molecular formula is C25H30O. The first kappa shape index (κ1) is 19.8. The summed E-state index contributed by atoms with van der Waals surface area (Å²) in [5, 5.41) is 9.74. The lowest BCUT2D eigenvalue weighted by atomic mass is 9.85. The van der Waals surface area contributed by atoms with Gasteiger partial charge in [0, 0.05) is 0 Å². The molecule has 26 heavy (non-hydrogen) atoms. The summed E-state index contributed by atoms with van der Waals surface area (Å²) in [5.41, 5.74) is 4.93. The lowest BCUT2D eigenvalue weighted by Crippen LogP contribution is -2.11. The predicted octanol–water partition coefficient (Wildman–Crippen LogP) is 7.00. The maximum atomic E-state index is 9.74. The Hall–Kier alpha value is -2.54. The molecule has 1 nitrogen and oxygen atoms in total. The van der Waals surface area contributed by atoms with Crippen LogP contribution in [-0.4, -0.2) is 5.11 Å². The molecule has 3 aromatic carbocycles. The second-order valence-electron chi connectivity index (χ2n) is 7.58. The van der Waals surface area contributed by atoms with Gasteiger partial charge < -0.3 is 5.11 Å². The predicted molar refractivity (Wildman–Crippen MR) is 113 cm³/mol. The second-order valence-corrected chi connectivity index (χ2v) is 7.58. The molecule has 0 radical (unpaired) electrons. The average molecular weight is 347 g/mol. The molecule has 0 aliphatic rings. The monoisotopic (exact) mass is 346 g/mol. The smallest absolute Gasteiger partial charge is 0.119 e. The van der Waals surface area contributed by atoms with Gasteiger partial charge in [-0.25, -0.2) is 0 Å². The molecule has 0 aliphatic carbocycles. The Morgan fingerprint density at radius 1 is 0.731 bits per heavy atom. The van der Waals surface area contributed by atoms with Crippen molar-refractivity contribution in [1.29, 1.82) is 0 Å². The van der Waals surface area contributed by atoms with E-state index in [1.807, 2.05) is 24.3 Å². The van der Waals surface area contributed by atoms with Gasteiger partial charge in [0.05, 0.1) is 0 Å². The van der Waals surface area contributed by atoms with E-state index in [2.05, 4.69) is 82.3 Å². The van der Waals surface area contributed by atoms with Crippen LogP contribution in [0, 0.1) is 0 Å². The van der Waals surface area contributed by atoms with Crippen molar-refractivity contribution < 1.29 is 5.11 Å². The van der Waals surface area contributed by atoms with E-state index in [4.69, 9.17) is 0 Å². The molecule has 0 fully saturated rings. The normalized spacial score (nSPS) is 10.8. The molecule has 0 aromatic heterocycles. The molecule has 0 heterocycles. The van der Waals surface area contributed by atoms with Gasteiger partial charge in [-0.2, -0.15) is 0 Å². The highest BCUT2D eigenvalue weighted by molar-refractivity contribution is 5.62. The Morgan fingerprint density at radius 3 is 1.65 bits per heavy atom. The number of phenols is 1. The lowest BCUT2D eigenvalue weighted by Gasteiger charge is -2.21. The highest BCUT2D eigenvalue weighted by Gasteiger charge is 2.17. The van der Waals surface area contributed by atoms with E-state index < -0.39 is 0 Å². The van der Waals surface area contributed by atoms with Crippen LogP contribution < -0.4 is 0 Å². The van der Waals surface area contributed by atoms with Crippen molar-refractivity contribution in [2.75, 3.05) is 0 Å². The van der Waals surface area contributed by atoms with E-state index in [0.717, 1.165) is 18.4 Å². The van der Waals surface area contributed by atoms with Crippen molar-refractivity contribution in [2.45, 2.75) is 46.0 Å². The van der Waals surface area contributed by atoms with Gasteiger partial charge in [0.15, 0.2) is 0 Å². The third-order valence-electron chi connectivity index (χ3n) is 4.29. The number of aromatic hydroxyl groups is 1. The molecule has 3 aromatic rings. The fraction of sp³-hybridized carbons (Fsp3) is 0.280. The molecule has 3 rings (SSSR count). The highest BCUT2D eigenvalue weighted by Crippen LogP contribution is 2.31. The van der Waals surface area contributed by atoms with Crippen LogP contribution in [0.15, 0.2) is 78.9 Å². The zero-order valence-electron chi connectivity index (χ0n) is 16.4. The van der Waals surface area contributed by atoms with E-state index >= 15 is 0 Å². The van der Waals surface area contributed by atoms with E-state index in [1.54, 1.807) is 0 Å². The Labute approximate surface area is 158 Å². The van der Waals surface area contributed by atoms with Crippen LogP contribution >= 0.6 is 0 Å². The van der Waals surface area contributed by atoms with Gasteiger partial charge in [0.1, 0.15) is 5.75 Å². The summed E-state index contributed by atoms with van der Waals surface area (Å²) < 4.78 is 0. The van der Waals surface area contributed by atoms with Crippen LogP contribution in [-0.2, 0) is 11.8 Å². The van der Waals surface area contributed by atoms with E-state index in [-0.39, 0.29) is 5.41 Å². The van der Waals surface area contributed by atoms with Crippen LogP contribution in [0.5, 0.6) is 5.75 Å². The standard InChI is InChI=1S/C13H20O.C12H10/c1-5-6-10-7-8-12(14)11(9-10)13(2,3)4;1-3-7-11(8-4-1)12-9-5-2-6-10-12/h7-9,14H,5-6H2,1-4H3;1-10H. The molecule has 1 heteroatoms. The number of benzene rings is 3. The van der Waals surface area contributed by atoms with Gasteiger partial charge >= 0.3 is 0 Å². The van der Waals surface area contributed by atoms with Crippen molar-refractivity contribution >= 4 is 0 Å². The van der Waals surface area contributed by atoms with Gasteiger partial charge in [-0.3, -0.25) is 0 Å². The zero-order chi connectivity index (χ0) is 19.0. The van der Waals surface area contributed by atoms with Crippen molar-refractivity contribution in [3.05, 3.63) is 90.0 Å². The molecule has 0 spiro atoms. The minimum atomic E-state index is 0.0217. The van der Waals surface area contributed by atoms with Crippen LogP contribution in [0.2, 0.25) is 0 Å². The molecule has 0 bridgehead atoms. The van der Waals surface area contributed by atoms with Gasteiger partial charge in [-0.1, -0.05) is 107 Å². The summed E-state index contributed by atoms with van der Waals surface area (Å²) in [6, 6.07) is 26.7. The molecule has 0 aliphatic heterocycles. The molecule has 1 N–H and O–H groups in total. The Bertz CT molecular complexity index is 746. The molecule has 0 amide bonds. The summed E-state index contributed by atoms with van der Waals surface area (Å²) >= 11 is 0. The maximum absolute atomic E-state index is 9.74. The van der Waals surface area contributed by atoms with E-state index in [9.17, 15) is 5.11 Å². The molecule has 0 saturated carbocycles. The summed E-state index contributed by atoms with van der Waals surface area (Å²) in [4.78, 5) is 0. The van der Waals surface area contributed by atoms with Crippen molar-refractivity contribution in [1.82, 2.24) is 0 Å². The summed E-state index contributed by atoms with van der Waals surface area (Å²) in [6.07, 6.45) is 2.23. The minimum absolute atomic E-state index is 0.0217. The van der Waals surface area contributed by atoms with Gasteiger partial charge in [-0.15, -0.1) is 0 Å². The minimum Gasteiger partial charge on any atom is -0.508 e. The Kier molecular flexibility index (Phi) is 7.03. The Balaban J connectivity index is 0.000000189. The lowest BCUT2D eigenvalue weighted by molar-refractivity contribution is 0.446. The first-order chi connectivity index (χ1) is 12.4. The number of hydrogen-bond donors (Lipinski definition) is 1. The van der Waals surface area contributed by atoms with Gasteiger partial charge in [0.25, 0.3) is 0 Å². The second kappa shape index (κ2) is 9.24. The molecule has 136 valence electrons. The molecule has 0 atom stereocenters. The van der Waals surface area contributed by atoms with Crippen LogP contribution in [0.25, 0.3) is 11.1 Å². The fourth-order valence-electron chi connectivity index (χ4n) is 2.89. The summed E-state index contributed by atoms with van der Waals surface area (Å²) in [5.74, 6) is 0.414. The number of hydrogen-bond acceptors (Lipinski definition) is 1. The van der Waals surface area contributed by atoms with Crippen molar-refractivity contribution in [3.8, 4) is 16.9 Å². The summed E-state index contributed by atoms with van der Waals surface area (Å²) in [6.45, 7) is 8.54. The molecule has 0 unspecified atom stereocenters. The molecular weight excluding hydrogens is 316 g/mol. The van der Waals surface area contributed by atoms with Crippen LogP contribution in [0.3, 0.4) is 0 Å². The number of rotatable bonds is 3. The highest BCUT2D eigenvalue weighted by atomic mass is 16.3. The van der Waals surface area contributed by atoms with Crippen molar-refractivity contribution in [3.63, 3.8) is 0 Å². The largest absolute Gasteiger partial charge is 0.508 e. The zero-order valence-corrected chi connectivity index (χ0v) is 16.4. The molecule has 0 saturated heterocycles. The maximum Gasteiger partial charge on any atom is 0.119 e. The van der Waals surface area contributed by atoms with Crippen molar-refractivity contribution in [2.24, 2.45) is 0 Å². The van der Waals surface area contributed by atoms with E-state index in [0.29, 0.717) is 5.75 Å². The SMILES string of the molecule is CCCc1ccc(O)c(C(C)(C)C)c1.c1ccc(-c2ccccc2)cc1. The number of phenolic OH excluding ortho intramolecular Hbond substituents is 1. The topological polar surface area (TPSA) is 20.2 Å². The first-order valence-corrected chi connectivity index (χ1v) is 9.34. The summed E-state index contributed by atoms with van der Waals surface area (Å²) in [7, 11) is 0. The first-order valence-electron chi connectivity index (χ1n) is 9.34. The van der Waals surface area contributed by atoms with Crippen LogP contribution in [0.4, 0.5) is 0 Å². The Morgan fingerprint density at radius 2 is 1.23 bits per heavy atom. The van der Waals surface area contributed by atoms with Crippen LogP contribution in [0.1, 0.15) is 45.2 Å². The fourth-order valence-corrected chi connectivity index (χ4v) is 2.89. The van der Waals surface area contributed by atoms with Gasteiger partial charge in [0.2, 0.25) is 0 Å².